The quantitative estimate of drug-likeness (QED) is 0.620. The minimum atomic E-state index is -0.254. The molecule has 2 heterocycles. The van der Waals surface area contributed by atoms with Gasteiger partial charge in [-0.25, -0.2) is 0 Å². The predicted molar refractivity (Wildman–Crippen MR) is 94.6 cm³/mol. The van der Waals surface area contributed by atoms with E-state index in [2.05, 4.69) is 15.1 Å². The fourth-order valence-corrected chi connectivity index (χ4v) is 2.69. The number of benzene rings is 2. The molecule has 0 amide bonds. The van der Waals surface area contributed by atoms with E-state index < -0.39 is 0 Å². The summed E-state index contributed by atoms with van der Waals surface area (Å²) in [5, 5.41) is 4.87. The molecule has 124 valence electrons. The van der Waals surface area contributed by atoms with E-state index >= 15 is 0 Å². The van der Waals surface area contributed by atoms with Gasteiger partial charge < -0.3 is 14.2 Å². The van der Waals surface area contributed by atoms with Gasteiger partial charge in [-0.1, -0.05) is 23.4 Å². The monoisotopic (exact) mass is 333 g/mol. The normalized spacial score (nSPS) is 11.0. The van der Waals surface area contributed by atoms with E-state index in [1.54, 1.807) is 19.2 Å². The van der Waals surface area contributed by atoms with Crippen LogP contribution in [0.2, 0.25) is 0 Å². The van der Waals surface area contributed by atoms with Gasteiger partial charge in [-0.3, -0.25) is 4.79 Å². The molecule has 0 aliphatic carbocycles. The van der Waals surface area contributed by atoms with Crippen LogP contribution in [0.3, 0.4) is 0 Å². The minimum Gasteiger partial charge on any atom is -0.497 e. The lowest BCUT2D eigenvalue weighted by atomic mass is 10.1. The summed E-state index contributed by atoms with van der Waals surface area (Å²) in [6.45, 7) is 1.98. The summed E-state index contributed by atoms with van der Waals surface area (Å²) in [5.74, 6) is 1.27. The van der Waals surface area contributed by atoms with Crippen molar-refractivity contribution in [3.8, 4) is 28.6 Å². The Kier molecular flexibility index (Phi) is 3.57. The standard InChI is InChI=1S/C19H15N3O3/c1-11-6-7-12-10-15(18(23)20-16(12)8-11)17-21-19(25-22-17)13-4-3-5-14(9-13)24-2/h3-10H,1-2H3,(H,20,23). The van der Waals surface area contributed by atoms with Crippen molar-refractivity contribution in [1.82, 2.24) is 15.1 Å². The van der Waals surface area contributed by atoms with Gasteiger partial charge in [0.05, 0.1) is 12.7 Å². The number of rotatable bonds is 3. The fraction of sp³-hybridized carbons (Fsp3) is 0.105. The van der Waals surface area contributed by atoms with Crippen molar-refractivity contribution in [1.29, 1.82) is 0 Å². The lowest BCUT2D eigenvalue weighted by Crippen LogP contribution is -2.09. The number of pyridine rings is 1. The molecule has 6 heteroatoms. The summed E-state index contributed by atoms with van der Waals surface area (Å²) >= 11 is 0. The zero-order chi connectivity index (χ0) is 17.4. The molecule has 0 fully saturated rings. The molecular weight excluding hydrogens is 318 g/mol. The Morgan fingerprint density at radius 3 is 2.84 bits per heavy atom. The molecule has 25 heavy (non-hydrogen) atoms. The zero-order valence-corrected chi connectivity index (χ0v) is 13.7. The molecule has 0 aliphatic rings. The van der Waals surface area contributed by atoms with Crippen molar-refractivity contribution in [3.63, 3.8) is 0 Å². The molecule has 0 atom stereocenters. The molecule has 6 nitrogen and oxygen atoms in total. The molecule has 0 saturated heterocycles. The maximum absolute atomic E-state index is 12.4. The van der Waals surface area contributed by atoms with Crippen LogP contribution in [0.1, 0.15) is 5.56 Å². The maximum Gasteiger partial charge on any atom is 0.259 e. The fourth-order valence-electron chi connectivity index (χ4n) is 2.69. The van der Waals surface area contributed by atoms with Crippen molar-refractivity contribution in [2.45, 2.75) is 6.92 Å². The van der Waals surface area contributed by atoms with E-state index in [1.165, 1.54) is 0 Å². The van der Waals surface area contributed by atoms with Gasteiger partial charge in [-0.2, -0.15) is 4.98 Å². The molecule has 4 aromatic rings. The van der Waals surface area contributed by atoms with Gasteiger partial charge in [0, 0.05) is 11.1 Å². The molecule has 1 N–H and O–H groups in total. The third-order valence-corrected chi connectivity index (χ3v) is 3.99. The number of aromatic nitrogens is 3. The lowest BCUT2D eigenvalue weighted by Gasteiger charge is -2.01. The first-order valence-corrected chi connectivity index (χ1v) is 7.76. The highest BCUT2D eigenvalue weighted by molar-refractivity contribution is 5.83. The van der Waals surface area contributed by atoms with Gasteiger partial charge in [0.15, 0.2) is 0 Å². The van der Waals surface area contributed by atoms with Crippen molar-refractivity contribution in [3.05, 3.63) is 64.4 Å². The smallest absolute Gasteiger partial charge is 0.259 e. The largest absolute Gasteiger partial charge is 0.497 e. The summed E-state index contributed by atoms with van der Waals surface area (Å²) in [6, 6.07) is 14.9. The second kappa shape index (κ2) is 5.90. The molecule has 0 saturated carbocycles. The van der Waals surface area contributed by atoms with E-state index in [-0.39, 0.29) is 11.4 Å². The van der Waals surface area contributed by atoms with Crippen LogP contribution in [-0.4, -0.2) is 22.2 Å². The number of nitrogens with zero attached hydrogens (tertiary/aromatic N) is 2. The van der Waals surface area contributed by atoms with E-state index in [4.69, 9.17) is 9.26 Å². The number of fused-ring (bicyclic) bond motifs is 1. The Hall–Kier alpha value is -3.41. The van der Waals surface area contributed by atoms with Crippen LogP contribution >= 0.6 is 0 Å². The van der Waals surface area contributed by atoms with Crippen LogP contribution in [-0.2, 0) is 0 Å². The molecule has 0 bridgehead atoms. The van der Waals surface area contributed by atoms with Gasteiger partial charge in [0.2, 0.25) is 5.82 Å². The first kappa shape index (κ1) is 15.1. The number of methoxy groups -OCH3 is 1. The summed E-state index contributed by atoms with van der Waals surface area (Å²) in [6.07, 6.45) is 0. The molecule has 2 aromatic carbocycles. The third-order valence-electron chi connectivity index (χ3n) is 3.99. The van der Waals surface area contributed by atoms with Crippen LogP contribution in [0.5, 0.6) is 5.75 Å². The summed E-state index contributed by atoms with van der Waals surface area (Å²) in [5.41, 5.74) is 2.71. The lowest BCUT2D eigenvalue weighted by molar-refractivity contribution is 0.413. The number of hydrogen-bond acceptors (Lipinski definition) is 5. The van der Waals surface area contributed by atoms with Crippen LogP contribution in [0.4, 0.5) is 0 Å². The van der Waals surface area contributed by atoms with Crippen molar-refractivity contribution in [2.75, 3.05) is 7.11 Å². The summed E-state index contributed by atoms with van der Waals surface area (Å²) < 4.78 is 10.5. The molecule has 4 rings (SSSR count). The number of aromatic amines is 1. The highest BCUT2D eigenvalue weighted by Crippen LogP contribution is 2.25. The van der Waals surface area contributed by atoms with Crippen LogP contribution in [0.25, 0.3) is 33.7 Å². The molecule has 0 radical (unpaired) electrons. The first-order chi connectivity index (χ1) is 12.1. The van der Waals surface area contributed by atoms with Gasteiger partial charge in [-0.05, 0) is 48.2 Å². The minimum absolute atomic E-state index is 0.251. The topological polar surface area (TPSA) is 81.0 Å². The van der Waals surface area contributed by atoms with Crippen LogP contribution in [0, 0.1) is 6.92 Å². The Morgan fingerprint density at radius 1 is 1.12 bits per heavy atom. The number of ether oxygens (including phenoxy) is 1. The number of aryl methyl sites for hydroxylation is 1. The average molecular weight is 333 g/mol. The van der Waals surface area contributed by atoms with E-state index in [0.29, 0.717) is 17.2 Å². The Balaban J connectivity index is 1.79. The summed E-state index contributed by atoms with van der Waals surface area (Å²) in [4.78, 5) is 19.6. The maximum atomic E-state index is 12.4. The van der Waals surface area contributed by atoms with E-state index in [9.17, 15) is 4.79 Å². The number of nitrogens with one attached hydrogen (secondary N) is 1. The van der Waals surface area contributed by atoms with Crippen LogP contribution in [0.15, 0.2) is 57.8 Å². The third kappa shape index (κ3) is 2.78. The average Bonchev–Trinajstić information content (AvgIpc) is 3.11. The molecule has 0 aliphatic heterocycles. The number of hydrogen-bond donors (Lipinski definition) is 1. The number of H-pyrrole nitrogens is 1. The van der Waals surface area contributed by atoms with Gasteiger partial charge in [0.25, 0.3) is 11.4 Å². The zero-order valence-electron chi connectivity index (χ0n) is 13.7. The van der Waals surface area contributed by atoms with E-state index in [0.717, 1.165) is 22.0 Å². The van der Waals surface area contributed by atoms with Gasteiger partial charge in [0.1, 0.15) is 5.75 Å². The molecular formula is C19H15N3O3. The SMILES string of the molecule is COc1cccc(-c2nc(-c3cc4ccc(C)cc4[nH]c3=O)no2)c1. The van der Waals surface area contributed by atoms with Crippen molar-refractivity contribution < 1.29 is 9.26 Å². The van der Waals surface area contributed by atoms with Gasteiger partial charge >= 0.3 is 0 Å². The second-order valence-electron chi connectivity index (χ2n) is 5.76. The van der Waals surface area contributed by atoms with Crippen molar-refractivity contribution >= 4 is 10.9 Å². The molecule has 0 unspecified atom stereocenters. The van der Waals surface area contributed by atoms with Crippen LogP contribution < -0.4 is 10.3 Å². The van der Waals surface area contributed by atoms with Crippen molar-refractivity contribution in [2.24, 2.45) is 0 Å². The highest BCUT2D eigenvalue weighted by Gasteiger charge is 2.15. The predicted octanol–water partition coefficient (Wildman–Crippen LogP) is 3.56. The first-order valence-electron chi connectivity index (χ1n) is 7.76. The van der Waals surface area contributed by atoms with Gasteiger partial charge in [-0.15, -0.1) is 0 Å². The molecule has 0 spiro atoms. The Bertz CT molecular complexity index is 1130. The molecule has 2 aromatic heterocycles. The second-order valence-corrected chi connectivity index (χ2v) is 5.76. The summed E-state index contributed by atoms with van der Waals surface area (Å²) in [7, 11) is 1.59. The highest BCUT2D eigenvalue weighted by atomic mass is 16.5. The van der Waals surface area contributed by atoms with E-state index in [1.807, 2.05) is 43.3 Å². The Labute approximate surface area is 143 Å². The Morgan fingerprint density at radius 2 is 2.00 bits per heavy atom.